The zero-order chi connectivity index (χ0) is 11.5. The van der Waals surface area contributed by atoms with Gasteiger partial charge in [0.15, 0.2) is 0 Å². The van der Waals surface area contributed by atoms with Crippen LogP contribution in [-0.2, 0) is 5.41 Å². The number of rotatable bonds is 3. The van der Waals surface area contributed by atoms with Crippen LogP contribution >= 0.6 is 0 Å². The quantitative estimate of drug-likeness (QED) is 0.701. The topological polar surface area (TPSA) is 22.1 Å². The maximum Gasteiger partial charge on any atom is 0.225 e. The van der Waals surface area contributed by atoms with Gasteiger partial charge in [-0.2, -0.15) is 0 Å². The molecule has 2 heteroatoms. The molecule has 15 heavy (non-hydrogen) atoms. The largest absolute Gasteiger partial charge is 0.447 e. The molecular weight excluding hydrogens is 186 g/mol. The van der Waals surface area contributed by atoms with E-state index in [0.717, 1.165) is 11.3 Å². The predicted octanol–water partition coefficient (Wildman–Crippen LogP) is 3.54. The van der Waals surface area contributed by atoms with Crippen LogP contribution in [0.5, 0.6) is 5.88 Å². The van der Waals surface area contributed by atoms with Crippen LogP contribution in [0.2, 0.25) is 0 Å². The Hall–Kier alpha value is -1.57. The molecule has 2 nitrogen and oxygen atoms in total. The second kappa shape index (κ2) is 4.30. The first kappa shape index (κ1) is 11.5. The van der Waals surface area contributed by atoms with Gasteiger partial charge in [-0.25, -0.2) is 4.98 Å². The van der Waals surface area contributed by atoms with Crippen LogP contribution in [0, 0.1) is 0 Å². The van der Waals surface area contributed by atoms with Gasteiger partial charge in [-0.1, -0.05) is 40.0 Å². The van der Waals surface area contributed by atoms with Crippen molar-refractivity contribution in [1.82, 2.24) is 4.98 Å². The second-order valence-electron chi connectivity index (χ2n) is 4.33. The molecule has 0 N–H and O–H groups in total. The lowest BCUT2D eigenvalue weighted by Crippen LogP contribution is -2.13. The summed E-state index contributed by atoms with van der Waals surface area (Å²) in [5.74, 6) is 0.562. The number of ether oxygens (including phenoxy) is 1. The zero-order valence-electron chi connectivity index (χ0n) is 9.58. The normalized spacial score (nSPS) is 10.9. The highest BCUT2D eigenvalue weighted by atomic mass is 16.5. The minimum absolute atomic E-state index is 0.0129. The van der Waals surface area contributed by atoms with E-state index in [2.05, 4.69) is 38.9 Å². The van der Waals surface area contributed by atoms with Crippen LogP contribution in [0.15, 0.2) is 31.6 Å². The third-order valence-corrected chi connectivity index (χ3v) is 2.07. The van der Waals surface area contributed by atoms with Crippen LogP contribution < -0.4 is 4.74 Å². The molecule has 1 heterocycles. The fraction of sp³-hybridized carbons (Fsp3) is 0.308. The Morgan fingerprint density at radius 2 is 1.93 bits per heavy atom. The van der Waals surface area contributed by atoms with Crippen molar-refractivity contribution in [2.75, 3.05) is 0 Å². The van der Waals surface area contributed by atoms with Crippen LogP contribution in [-0.4, -0.2) is 4.98 Å². The predicted molar refractivity (Wildman–Crippen MR) is 63.9 cm³/mol. The average molecular weight is 203 g/mol. The Morgan fingerprint density at radius 1 is 1.27 bits per heavy atom. The fourth-order valence-corrected chi connectivity index (χ4v) is 1.20. The van der Waals surface area contributed by atoms with Crippen molar-refractivity contribution < 1.29 is 4.74 Å². The van der Waals surface area contributed by atoms with Crippen molar-refractivity contribution >= 4 is 6.08 Å². The highest BCUT2D eigenvalue weighted by molar-refractivity contribution is 5.53. The van der Waals surface area contributed by atoms with Crippen LogP contribution in [0.3, 0.4) is 0 Å². The van der Waals surface area contributed by atoms with E-state index in [1.165, 1.54) is 6.26 Å². The van der Waals surface area contributed by atoms with Crippen molar-refractivity contribution in [3.63, 3.8) is 0 Å². The molecule has 0 saturated heterocycles. The van der Waals surface area contributed by atoms with Crippen LogP contribution in [0.4, 0.5) is 0 Å². The smallest absolute Gasteiger partial charge is 0.225 e. The molecule has 0 amide bonds. The fourth-order valence-electron chi connectivity index (χ4n) is 1.20. The molecule has 0 atom stereocenters. The first-order valence-corrected chi connectivity index (χ1v) is 4.90. The number of pyridine rings is 1. The van der Waals surface area contributed by atoms with Crippen molar-refractivity contribution in [3.8, 4) is 5.88 Å². The Labute approximate surface area is 91.3 Å². The van der Waals surface area contributed by atoms with Gasteiger partial charge in [0.25, 0.3) is 0 Å². The average Bonchev–Trinajstić information content (AvgIpc) is 2.17. The van der Waals surface area contributed by atoms with Gasteiger partial charge < -0.3 is 4.74 Å². The minimum atomic E-state index is 0.0129. The van der Waals surface area contributed by atoms with Gasteiger partial charge in [0, 0.05) is 16.7 Å². The summed E-state index contributed by atoms with van der Waals surface area (Å²) in [4.78, 5) is 4.44. The van der Waals surface area contributed by atoms with Gasteiger partial charge in [0.1, 0.15) is 0 Å². The standard InChI is InChI=1S/C13H17NO/c1-6-10-8-9-11(13(3,4)5)14-12(10)15-7-2/h6-9H,1-2H2,3-5H3. The highest BCUT2D eigenvalue weighted by Crippen LogP contribution is 2.25. The highest BCUT2D eigenvalue weighted by Gasteiger charge is 2.16. The SMILES string of the molecule is C=COc1nc(C(C)(C)C)ccc1C=C. The maximum absolute atomic E-state index is 5.25. The van der Waals surface area contributed by atoms with E-state index in [-0.39, 0.29) is 5.41 Å². The van der Waals surface area contributed by atoms with E-state index in [4.69, 9.17) is 4.74 Å². The van der Waals surface area contributed by atoms with E-state index in [0.29, 0.717) is 5.88 Å². The summed E-state index contributed by atoms with van der Waals surface area (Å²) < 4.78 is 5.25. The van der Waals surface area contributed by atoms with Crippen LogP contribution in [0.25, 0.3) is 6.08 Å². The Morgan fingerprint density at radius 3 is 2.40 bits per heavy atom. The van der Waals surface area contributed by atoms with Crippen molar-refractivity contribution in [3.05, 3.63) is 42.8 Å². The number of nitrogens with zero attached hydrogens (tertiary/aromatic N) is 1. The Bertz CT molecular complexity index is 375. The van der Waals surface area contributed by atoms with Gasteiger partial charge >= 0.3 is 0 Å². The Balaban J connectivity index is 3.21. The lowest BCUT2D eigenvalue weighted by molar-refractivity contribution is 0.451. The second-order valence-corrected chi connectivity index (χ2v) is 4.33. The lowest BCUT2D eigenvalue weighted by atomic mass is 9.91. The molecule has 0 aliphatic rings. The van der Waals surface area contributed by atoms with Crippen molar-refractivity contribution in [1.29, 1.82) is 0 Å². The van der Waals surface area contributed by atoms with Gasteiger partial charge in [0.05, 0.1) is 6.26 Å². The molecule has 0 aromatic carbocycles. The number of hydrogen-bond donors (Lipinski definition) is 0. The van der Waals surface area contributed by atoms with Gasteiger partial charge in [-0.05, 0) is 12.1 Å². The molecule has 0 aliphatic carbocycles. The summed E-state index contributed by atoms with van der Waals surface area (Å²) in [6.45, 7) is 13.6. The summed E-state index contributed by atoms with van der Waals surface area (Å²) >= 11 is 0. The molecule has 80 valence electrons. The van der Waals surface area contributed by atoms with Gasteiger partial charge in [-0.3, -0.25) is 0 Å². The van der Waals surface area contributed by atoms with Crippen LogP contribution in [0.1, 0.15) is 32.0 Å². The zero-order valence-corrected chi connectivity index (χ0v) is 9.58. The van der Waals surface area contributed by atoms with Crippen molar-refractivity contribution in [2.24, 2.45) is 0 Å². The van der Waals surface area contributed by atoms with E-state index in [9.17, 15) is 0 Å². The Kier molecular flexibility index (Phi) is 3.30. The number of hydrogen-bond acceptors (Lipinski definition) is 2. The summed E-state index contributed by atoms with van der Waals surface area (Å²) in [6.07, 6.45) is 3.10. The third kappa shape index (κ3) is 2.69. The molecule has 0 spiro atoms. The lowest BCUT2D eigenvalue weighted by Gasteiger charge is -2.18. The minimum Gasteiger partial charge on any atom is -0.447 e. The molecule has 0 fully saturated rings. The van der Waals surface area contributed by atoms with E-state index >= 15 is 0 Å². The molecule has 0 aliphatic heterocycles. The first-order valence-electron chi connectivity index (χ1n) is 4.90. The molecule has 0 unspecified atom stereocenters. The van der Waals surface area contributed by atoms with E-state index in [1.54, 1.807) is 6.08 Å². The molecule has 0 bridgehead atoms. The molecule has 1 aromatic heterocycles. The monoisotopic (exact) mass is 203 g/mol. The molecular formula is C13H17NO. The maximum atomic E-state index is 5.25. The molecule has 0 saturated carbocycles. The first-order chi connectivity index (χ1) is 6.99. The van der Waals surface area contributed by atoms with E-state index < -0.39 is 0 Å². The third-order valence-electron chi connectivity index (χ3n) is 2.07. The molecule has 1 aromatic rings. The molecule has 1 rings (SSSR count). The van der Waals surface area contributed by atoms with Gasteiger partial charge in [0.2, 0.25) is 5.88 Å². The van der Waals surface area contributed by atoms with Gasteiger partial charge in [-0.15, -0.1) is 0 Å². The molecule has 0 radical (unpaired) electrons. The number of aromatic nitrogens is 1. The summed E-state index contributed by atoms with van der Waals surface area (Å²) in [5, 5.41) is 0. The summed E-state index contributed by atoms with van der Waals surface area (Å²) in [6, 6.07) is 3.95. The van der Waals surface area contributed by atoms with E-state index in [1.807, 2.05) is 12.1 Å². The van der Waals surface area contributed by atoms with Crippen molar-refractivity contribution in [2.45, 2.75) is 26.2 Å². The summed E-state index contributed by atoms with van der Waals surface area (Å²) in [7, 11) is 0. The summed E-state index contributed by atoms with van der Waals surface area (Å²) in [5.41, 5.74) is 1.88.